The van der Waals surface area contributed by atoms with Gasteiger partial charge in [-0.15, -0.1) is 0 Å². The zero-order valence-electron chi connectivity index (χ0n) is 35.9. The van der Waals surface area contributed by atoms with Gasteiger partial charge in [0.2, 0.25) is 0 Å². The van der Waals surface area contributed by atoms with E-state index in [4.69, 9.17) is 4.42 Å². The molecule has 4 fully saturated rings. The highest BCUT2D eigenvalue weighted by atomic mass is 16.3. The summed E-state index contributed by atoms with van der Waals surface area (Å²) in [6, 6.07) is 66.4. The SMILES string of the molecule is CC1(C)c2cc(-c3ccc4oc5ccccc5c4c3)ccc2-c2ccc(N(c3ccccc3)c3ccccc3-c3ccc4c(c3)-c3ccccc3C43C4CC5CC(C4)CC3C5)cc21. The summed E-state index contributed by atoms with van der Waals surface area (Å²) in [6.45, 7) is 4.80. The predicted molar refractivity (Wildman–Crippen MR) is 260 cm³/mol. The third-order valence-corrected chi connectivity index (χ3v) is 16.7. The average Bonchev–Trinajstić information content (AvgIpc) is 3.91. The van der Waals surface area contributed by atoms with Crippen molar-refractivity contribution in [1.82, 2.24) is 0 Å². The molecule has 304 valence electrons. The lowest BCUT2D eigenvalue weighted by molar-refractivity contribution is -0.0399. The summed E-state index contributed by atoms with van der Waals surface area (Å²) < 4.78 is 6.18. The van der Waals surface area contributed by atoms with E-state index in [0.29, 0.717) is 0 Å². The van der Waals surface area contributed by atoms with Gasteiger partial charge in [0.1, 0.15) is 11.2 Å². The van der Waals surface area contributed by atoms with Crippen molar-refractivity contribution in [3.63, 3.8) is 0 Å². The smallest absolute Gasteiger partial charge is 0.135 e. The van der Waals surface area contributed by atoms with E-state index in [-0.39, 0.29) is 10.8 Å². The number of hydrogen-bond donors (Lipinski definition) is 0. The zero-order valence-corrected chi connectivity index (χ0v) is 35.9. The summed E-state index contributed by atoms with van der Waals surface area (Å²) in [7, 11) is 0. The van der Waals surface area contributed by atoms with Crippen LogP contribution in [0.15, 0.2) is 180 Å². The van der Waals surface area contributed by atoms with E-state index in [2.05, 4.69) is 189 Å². The number of nitrogens with zero attached hydrogens (tertiary/aromatic N) is 1. The maximum Gasteiger partial charge on any atom is 0.135 e. The molecule has 0 radical (unpaired) electrons. The van der Waals surface area contributed by atoms with Gasteiger partial charge < -0.3 is 9.32 Å². The molecule has 0 unspecified atom stereocenters. The van der Waals surface area contributed by atoms with E-state index < -0.39 is 0 Å². The van der Waals surface area contributed by atoms with Gasteiger partial charge in [0.15, 0.2) is 0 Å². The third-order valence-electron chi connectivity index (χ3n) is 16.7. The van der Waals surface area contributed by atoms with Gasteiger partial charge >= 0.3 is 0 Å². The lowest BCUT2D eigenvalue weighted by atomic mass is 9.43. The second kappa shape index (κ2) is 13.0. The van der Waals surface area contributed by atoms with E-state index in [1.54, 1.807) is 11.1 Å². The third kappa shape index (κ3) is 4.95. The molecule has 0 atom stereocenters. The van der Waals surface area contributed by atoms with E-state index in [1.165, 1.54) is 99.1 Å². The molecule has 15 rings (SSSR count). The van der Waals surface area contributed by atoms with Crippen LogP contribution in [-0.4, -0.2) is 0 Å². The molecule has 0 amide bonds. The fraction of sp³-hybridized carbons (Fsp3) is 0.213. The Balaban J connectivity index is 0.872. The molecule has 4 bridgehead atoms. The quantitative estimate of drug-likeness (QED) is 0.172. The largest absolute Gasteiger partial charge is 0.456 e. The van der Waals surface area contributed by atoms with Crippen LogP contribution in [0.25, 0.3) is 66.4 Å². The monoisotopic (exact) mass is 811 g/mol. The Morgan fingerprint density at radius 1 is 0.413 bits per heavy atom. The Bertz CT molecular complexity index is 3320. The van der Waals surface area contributed by atoms with Crippen molar-refractivity contribution in [2.24, 2.45) is 23.7 Å². The van der Waals surface area contributed by atoms with Crippen LogP contribution < -0.4 is 4.90 Å². The Labute approximate surface area is 369 Å². The Morgan fingerprint density at radius 2 is 1.02 bits per heavy atom. The summed E-state index contributed by atoms with van der Waals surface area (Å²) in [5.74, 6) is 3.39. The molecule has 4 saturated carbocycles. The molecule has 0 saturated heterocycles. The van der Waals surface area contributed by atoms with Crippen LogP contribution in [0.1, 0.15) is 68.2 Å². The average molecular weight is 812 g/mol. The maximum absolute atomic E-state index is 6.18. The first-order valence-corrected chi connectivity index (χ1v) is 23.3. The number of furan rings is 1. The molecule has 1 heterocycles. The molecule has 1 aromatic heterocycles. The minimum atomic E-state index is -0.202. The minimum absolute atomic E-state index is 0.172. The van der Waals surface area contributed by atoms with Gasteiger partial charge in [0.25, 0.3) is 0 Å². The van der Waals surface area contributed by atoms with Crippen molar-refractivity contribution < 1.29 is 4.42 Å². The van der Waals surface area contributed by atoms with Crippen molar-refractivity contribution >= 4 is 39.0 Å². The molecule has 2 heteroatoms. The molecule has 2 nitrogen and oxygen atoms in total. The molecular weight excluding hydrogens is 763 g/mol. The van der Waals surface area contributed by atoms with Gasteiger partial charge in [0.05, 0.1) is 5.69 Å². The van der Waals surface area contributed by atoms with Crippen molar-refractivity contribution in [3.8, 4) is 44.5 Å². The molecule has 6 aliphatic carbocycles. The lowest BCUT2D eigenvalue weighted by Gasteiger charge is -2.61. The Kier molecular flexibility index (Phi) is 7.38. The Hall–Kier alpha value is -6.64. The molecular formula is C61H49NO. The summed E-state index contributed by atoms with van der Waals surface area (Å²) in [6.07, 6.45) is 7.09. The van der Waals surface area contributed by atoms with Crippen molar-refractivity contribution in [1.29, 1.82) is 0 Å². The van der Waals surface area contributed by atoms with Crippen LogP contribution in [0.4, 0.5) is 17.1 Å². The van der Waals surface area contributed by atoms with E-state index in [0.717, 1.165) is 51.3 Å². The second-order valence-electron chi connectivity index (χ2n) is 20.1. The number of benzene rings is 8. The van der Waals surface area contributed by atoms with Crippen molar-refractivity contribution in [2.75, 3.05) is 4.90 Å². The van der Waals surface area contributed by atoms with E-state index in [9.17, 15) is 0 Å². The summed E-state index contributed by atoms with van der Waals surface area (Å²) in [5, 5.41) is 2.32. The summed E-state index contributed by atoms with van der Waals surface area (Å²) in [5.41, 5.74) is 21.8. The highest BCUT2D eigenvalue weighted by Crippen LogP contribution is 2.69. The first-order valence-electron chi connectivity index (χ1n) is 23.3. The summed E-state index contributed by atoms with van der Waals surface area (Å²) >= 11 is 0. The van der Waals surface area contributed by atoms with Gasteiger partial charge in [-0.2, -0.15) is 0 Å². The van der Waals surface area contributed by atoms with E-state index >= 15 is 0 Å². The number of rotatable bonds is 5. The van der Waals surface area contributed by atoms with Crippen LogP contribution in [0, 0.1) is 23.7 Å². The highest BCUT2D eigenvalue weighted by Gasteiger charge is 2.61. The van der Waals surface area contributed by atoms with Gasteiger partial charge in [-0.3, -0.25) is 0 Å². The van der Waals surface area contributed by atoms with Crippen LogP contribution in [0.5, 0.6) is 0 Å². The maximum atomic E-state index is 6.18. The van der Waals surface area contributed by atoms with Crippen LogP contribution in [0.2, 0.25) is 0 Å². The topological polar surface area (TPSA) is 16.4 Å². The molecule has 63 heavy (non-hydrogen) atoms. The van der Waals surface area contributed by atoms with Crippen molar-refractivity contribution in [2.45, 2.75) is 56.8 Å². The molecule has 6 aliphatic rings. The molecule has 1 spiro atoms. The minimum Gasteiger partial charge on any atom is -0.456 e. The predicted octanol–water partition coefficient (Wildman–Crippen LogP) is 16.4. The van der Waals surface area contributed by atoms with Gasteiger partial charge in [-0.1, -0.05) is 129 Å². The zero-order chi connectivity index (χ0) is 41.6. The van der Waals surface area contributed by atoms with Crippen LogP contribution in [-0.2, 0) is 10.8 Å². The second-order valence-corrected chi connectivity index (χ2v) is 20.1. The number of hydrogen-bond acceptors (Lipinski definition) is 2. The number of fused-ring (bicyclic) bond motifs is 9. The summed E-state index contributed by atoms with van der Waals surface area (Å²) in [4.78, 5) is 2.49. The molecule has 8 aromatic carbocycles. The fourth-order valence-corrected chi connectivity index (χ4v) is 14.2. The van der Waals surface area contributed by atoms with Gasteiger partial charge in [0, 0.05) is 38.5 Å². The lowest BCUT2D eigenvalue weighted by Crippen LogP contribution is -2.55. The molecule has 0 aliphatic heterocycles. The highest BCUT2D eigenvalue weighted by molar-refractivity contribution is 6.06. The van der Waals surface area contributed by atoms with E-state index in [1.807, 2.05) is 6.07 Å². The Morgan fingerprint density at radius 3 is 1.84 bits per heavy atom. The van der Waals surface area contributed by atoms with Crippen molar-refractivity contribution in [3.05, 3.63) is 198 Å². The van der Waals surface area contributed by atoms with Crippen LogP contribution in [0.3, 0.4) is 0 Å². The molecule has 0 N–H and O–H groups in total. The number of anilines is 3. The van der Waals surface area contributed by atoms with Gasteiger partial charge in [-0.25, -0.2) is 0 Å². The van der Waals surface area contributed by atoms with Crippen LogP contribution >= 0.6 is 0 Å². The molecule has 9 aromatic rings. The normalized spacial score (nSPS) is 23.0. The fourth-order valence-electron chi connectivity index (χ4n) is 14.2. The standard InChI is InChI=1S/C61H49NO/c1-60(2)55-35-40(39-22-27-59-52(33-39)50-16-8-11-19-58(50)63-59)20-24-48(55)49-25-23-45(36-56(49)60)62(44-12-4-3-5-13-44)57-18-10-7-14-46(57)41-21-26-54-51(34-41)47-15-6-9-17-53(47)61(54)42-29-37-28-38(31-42)32-43(61)30-37/h3-27,33-38,42-43H,28-32H2,1-2H3. The van der Waals surface area contributed by atoms with Gasteiger partial charge in [-0.05, 0) is 178 Å². The first kappa shape index (κ1) is 35.9. The first-order chi connectivity index (χ1) is 30.9. The number of para-hydroxylation sites is 3.